The minimum atomic E-state index is -0.344. The number of rotatable bonds is 7. The van der Waals surface area contributed by atoms with Gasteiger partial charge in [0.2, 0.25) is 5.91 Å². The van der Waals surface area contributed by atoms with Gasteiger partial charge in [0, 0.05) is 19.5 Å². The number of imide groups is 1. The minimum Gasteiger partial charge on any atom is -0.356 e. The summed E-state index contributed by atoms with van der Waals surface area (Å²) in [4.78, 5) is 37.6. The highest BCUT2D eigenvalue weighted by atomic mass is 35.5. The number of hydrogen-bond donors (Lipinski definition) is 1. The number of hydrogen-bond acceptors (Lipinski definition) is 3. The van der Waals surface area contributed by atoms with Crippen LogP contribution in [0.3, 0.4) is 0 Å². The van der Waals surface area contributed by atoms with Crippen LogP contribution in [-0.4, -0.2) is 35.7 Å². The van der Waals surface area contributed by atoms with Crippen LogP contribution in [0.5, 0.6) is 0 Å². The number of nitrogens with zero attached hydrogens (tertiary/aromatic N) is 1. The first kappa shape index (κ1) is 19.4. The predicted octanol–water partition coefficient (Wildman–Crippen LogP) is 3.73. The third-order valence-corrected chi connectivity index (χ3v) is 5.13. The Hall–Kier alpha value is -2.37. The molecule has 0 aliphatic carbocycles. The van der Waals surface area contributed by atoms with Crippen LogP contribution < -0.4 is 5.32 Å². The zero-order valence-electron chi connectivity index (χ0n) is 14.5. The molecule has 7 heteroatoms. The molecular formula is C20H18Cl2N2O3. The number of carbonyl (C=O) groups excluding carboxylic acids is 3. The summed E-state index contributed by atoms with van der Waals surface area (Å²) in [6.07, 6.45) is 1.59. The van der Waals surface area contributed by atoms with Gasteiger partial charge >= 0.3 is 0 Å². The van der Waals surface area contributed by atoms with E-state index in [2.05, 4.69) is 5.32 Å². The molecule has 1 N–H and O–H groups in total. The van der Waals surface area contributed by atoms with E-state index in [1.165, 1.54) is 0 Å². The van der Waals surface area contributed by atoms with Gasteiger partial charge in [0.15, 0.2) is 0 Å². The second-order valence-corrected chi connectivity index (χ2v) is 7.07. The summed E-state index contributed by atoms with van der Waals surface area (Å²) in [7, 11) is 0. The zero-order chi connectivity index (χ0) is 19.4. The van der Waals surface area contributed by atoms with E-state index in [0.717, 1.165) is 23.3 Å². The highest BCUT2D eigenvalue weighted by Crippen LogP contribution is 2.23. The second-order valence-electron chi connectivity index (χ2n) is 6.26. The lowest BCUT2D eigenvalue weighted by molar-refractivity contribution is -0.121. The molecule has 2 aromatic rings. The van der Waals surface area contributed by atoms with Gasteiger partial charge < -0.3 is 5.32 Å². The Kier molecular flexibility index (Phi) is 6.14. The van der Waals surface area contributed by atoms with Crippen molar-refractivity contribution in [3.63, 3.8) is 0 Å². The van der Waals surface area contributed by atoms with Crippen molar-refractivity contribution >= 4 is 40.9 Å². The average molecular weight is 405 g/mol. The van der Waals surface area contributed by atoms with Gasteiger partial charge in [-0.3, -0.25) is 19.3 Å². The van der Waals surface area contributed by atoms with Crippen molar-refractivity contribution in [2.24, 2.45) is 0 Å². The predicted molar refractivity (Wildman–Crippen MR) is 104 cm³/mol. The summed E-state index contributed by atoms with van der Waals surface area (Å²) >= 11 is 11.9. The maximum atomic E-state index is 12.2. The van der Waals surface area contributed by atoms with Gasteiger partial charge in [-0.1, -0.05) is 41.4 Å². The molecule has 140 valence electrons. The first-order chi connectivity index (χ1) is 13.0. The van der Waals surface area contributed by atoms with Gasteiger partial charge in [0.25, 0.3) is 11.8 Å². The van der Waals surface area contributed by atoms with Crippen LogP contribution in [0.15, 0.2) is 42.5 Å². The quantitative estimate of drug-likeness (QED) is 0.564. The van der Waals surface area contributed by atoms with Crippen LogP contribution in [0.4, 0.5) is 0 Å². The first-order valence-electron chi connectivity index (χ1n) is 8.63. The Morgan fingerprint density at radius 2 is 1.63 bits per heavy atom. The van der Waals surface area contributed by atoms with Crippen LogP contribution in [0.25, 0.3) is 0 Å². The second kappa shape index (κ2) is 8.55. The minimum absolute atomic E-state index is 0.0744. The fraction of sp³-hybridized carbons (Fsp3) is 0.250. The number of aryl methyl sites for hydroxylation is 1. The Balaban J connectivity index is 1.41. The first-order valence-corrected chi connectivity index (χ1v) is 9.39. The molecule has 0 atom stereocenters. The Morgan fingerprint density at radius 3 is 2.26 bits per heavy atom. The molecule has 0 saturated heterocycles. The van der Waals surface area contributed by atoms with Crippen LogP contribution in [0.2, 0.25) is 10.0 Å². The number of nitrogens with one attached hydrogen (secondary N) is 1. The third kappa shape index (κ3) is 4.49. The highest BCUT2D eigenvalue weighted by molar-refractivity contribution is 6.42. The van der Waals surface area contributed by atoms with E-state index in [1.54, 1.807) is 30.3 Å². The summed E-state index contributed by atoms with van der Waals surface area (Å²) < 4.78 is 0. The molecule has 1 aliphatic heterocycles. The molecule has 1 aliphatic rings. The van der Waals surface area contributed by atoms with Gasteiger partial charge in [0.05, 0.1) is 21.2 Å². The van der Waals surface area contributed by atoms with Gasteiger partial charge in [-0.25, -0.2) is 0 Å². The Morgan fingerprint density at radius 1 is 0.963 bits per heavy atom. The molecule has 3 amide bonds. The van der Waals surface area contributed by atoms with Crippen LogP contribution >= 0.6 is 23.2 Å². The number of halogens is 2. The molecule has 0 bridgehead atoms. The molecule has 0 spiro atoms. The normalized spacial score (nSPS) is 13.0. The summed E-state index contributed by atoms with van der Waals surface area (Å²) in [5.74, 6) is -0.883. The van der Waals surface area contributed by atoms with E-state index in [9.17, 15) is 14.4 Å². The van der Waals surface area contributed by atoms with Crippen LogP contribution in [-0.2, 0) is 11.2 Å². The highest BCUT2D eigenvalue weighted by Gasteiger charge is 2.34. The van der Waals surface area contributed by atoms with E-state index in [0.29, 0.717) is 27.7 Å². The molecule has 5 nitrogen and oxygen atoms in total. The van der Waals surface area contributed by atoms with Gasteiger partial charge in [-0.2, -0.15) is 0 Å². The van der Waals surface area contributed by atoms with Crippen molar-refractivity contribution in [1.82, 2.24) is 10.2 Å². The zero-order valence-corrected chi connectivity index (χ0v) is 16.0. The number of amides is 3. The molecule has 0 saturated carbocycles. The van der Waals surface area contributed by atoms with Crippen molar-refractivity contribution in [2.45, 2.75) is 19.3 Å². The SMILES string of the molecule is O=C(CCN1C(=O)c2ccccc2C1=O)NCCCc1ccc(Cl)c(Cl)c1. The van der Waals surface area contributed by atoms with E-state index < -0.39 is 0 Å². The fourth-order valence-corrected chi connectivity index (χ4v) is 3.28. The molecule has 0 radical (unpaired) electrons. The number of benzene rings is 2. The van der Waals surface area contributed by atoms with E-state index >= 15 is 0 Å². The molecular weight excluding hydrogens is 387 g/mol. The van der Waals surface area contributed by atoms with Gasteiger partial charge in [-0.05, 0) is 42.7 Å². The van der Waals surface area contributed by atoms with E-state index in [4.69, 9.17) is 23.2 Å². The molecule has 2 aromatic carbocycles. The summed E-state index contributed by atoms with van der Waals surface area (Å²) in [5.41, 5.74) is 1.83. The molecule has 27 heavy (non-hydrogen) atoms. The van der Waals surface area contributed by atoms with Crippen molar-refractivity contribution in [1.29, 1.82) is 0 Å². The maximum absolute atomic E-state index is 12.2. The van der Waals surface area contributed by atoms with E-state index in [1.807, 2.05) is 12.1 Å². The molecule has 1 heterocycles. The van der Waals surface area contributed by atoms with Gasteiger partial charge in [0.1, 0.15) is 0 Å². The molecule has 0 unspecified atom stereocenters. The van der Waals surface area contributed by atoms with Crippen molar-refractivity contribution in [3.05, 3.63) is 69.2 Å². The van der Waals surface area contributed by atoms with Crippen LogP contribution in [0.1, 0.15) is 39.1 Å². The van der Waals surface area contributed by atoms with Crippen molar-refractivity contribution in [3.8, 4) is 0 Å². The summed E-state index contributed by atoms with van der Waals surface area (Å²) in [6, 6.07) is 12.1. The van der Waals surface area contributed by atoms with E-state index in [-0.39, 0.29) is 30.7 Å². The Labute approximate surface area is 167 Å². The lowest BCUT2D eigenvalue weighted by Crippen LogP contribution is -2.34. The monoisotopic (exact) mass is 404 g/mol. The van der Waals surface area contributed by atoms with Crippen LogP contribution in [0, 0.1) is 0 Å². The number of fused-ring (bicyclic) bond motifs is 1. The van der Waals surface area contributed by atoms with Crippen molar-refractivity contribution < 1.29 is 14.4 Å². The standard InChI is InChI=1S/C20H18Cl2N2O3/c21-16-8-7-13(12-17(16)22)4-3-10-23-18(25)9-11-24-19(26)14-5-1-2-6-15(14)20(24)27/h1-2,5-8,12H,3-4,9-11H2,(H,23,25). The Bertz CT molecular complexity index is 864. The maximum Gasteiger partial charge on any atom is 0.261 e. The fourth-order valence-electron chi connectivity index (χ4n) is 2.96. The molecule has 0 fully saturated rings. The average Bonchev–Trinajstić information content (AvgIpc) is 2.91. The summed E-state index contributed by atoms with van der Waals surface area (Å²) in [5, 5.41) is 3.84. The third-order valence-electron chi connectivity index (χ3n) is 4.39. The van der Waals surface area contributed by atoms with Gasteiger partial charge in [-0.15, -0.1) is 0 Å². The van der Waals surface area contributed by atoms with Crippen molar-refractivity contribution in [2.75, 3.05) is 13.1 Å². The smallest absolute Gasteiger partial charge is 0.261 e. The number of carbonyl (C=O) groups is 3. The summed E-state index contributed by atoms with van der Waals surface area (Å²) in [6.45, 7) is 0.576. The molecule has 0 aromatic heterocycles. The largest absolute Gasteiger partial charge is 0.356 e. The lowest BCUT2D eigenvalue weighted by Gasteiger charge is -2.13. The molecule has 3 rings (SSSR count). The topological polar surface area (TPSA) is 66.5 Å². The lowest BCUT2D eigenvalue weighted by atomic mass is 10.1.